The Morgan fingerprint density at radius 2 is 2.07 bits per heavy atom. The van der Waals surface area contributed by atoms with Crippen LogP contribution in [0.4, 0.5) is 18.9 Å². The number of nitrogens with zero attached hydrogens (tertiary/aromatic N) is 5. The van der Waals surface area contributed by atoms with E-state index in [1.165, 1.54) is 39.3 Å². The van der Waals surface area contributed by atoms with Gasteiger partial charge < -0.3 is 0 Å². The largest absolute Gasteiger partial charge is 0.416 e. The molecule has 0 amide bonds. The molecule has 0 unspecified atom stereocenters. The minimum absolute atomic E-state index is 0.0346. The number of nitriles is 1. The second kappa shape index (κ2) is 7.28. The topological polar surface area (TPSA) is 74.3 Å². The lowest BCUT2D eigenvalue weighted by molar-refractivity contribution is -0.137. The van der Waals surface area contributed by atoms with Gasteiger partial charge in [0.05, 0.1) is 29.1 Å². The number of alkyl halides is 3. The standard InChI is InChI=1S/C16H12F3N5OS2/c1-23-12-7-21-24(2)14(25)13(12)27-15(22-23)26-8-9-3-4-11(16(17,18)19)5-10(9)6-20/h3-5,7H,8H2,1-2H3. The van der Waals surface area contributed by atoms with Gasteiger partial charge >= 0.3 is 6.18 Å². The number of benzene rings is 1. The summed E-state index contributed by atoms with van der Waals surface area (Å²) in [5, 5.41) is 19.0. The fraction of sp³-hybridized carbons (Fsp3) is 0.250. The van der Waals surface area contributed by atoms with Crippen LogP contribution in [0, 0.1) is 11.3 Å². The van der Waals surface area contributed by atoms with Crippen molar-refractivity contribution in [3.63, 3.8) is 0 Å². The van der Waals surface area contributed by atoms with Gasteiger partial charge in [-0.15, -0.1) is 0 Å². The molecule has 0 bridgehead atoms. The summed E-state index contributed by atoms with van der Waals surface area (Å²) in [6.45, 7) is 0. The number of hydrazone groups is 1. The van der Waals surface area contributed by atoms with E-state index < -0.39 is 11.7 Å². The van der Waals surface area contributed by atoms with Crippen molar-refractivity contribution in [2.75, 3.05) is 12.1 Å². The first-order valence-corrected chi connectivity index (χ1v) is 9.30. The zero-order valence-electron chi connectivity index (χ0n) is 14.1. The van der Waals surface area contributed by atoms with Crippen molar-refractivity contribution in [3.8, 4) is 6.07 Å². The summed E-state index contributed by atoms with van der Waals surface area (Å²) in [5.74, 6) is 0.251. The van der Waals surface area contributed by atoms with Crippen molar-refractivity contribution in [1.29, 1.82) is 5.26 Å². The maximum Gasteiger partial charge on any atom is 0.416 e. The van der Waals surface area contributed by atoms with Crippen LogP contribution in [0.3, 0.4) is 0 Å². The van der Waals surface area contributed by atoms with E-state index in [1.54, 1.807) is 26.4 Å². The molecule has 0 aliphatic carbocycles. The van der Waals surface area contributed by atoms with Crippen molar-refractivity contribution in [3.05, 3.63) is 51.4 Å². The lowest BCUT2D eigenvalue weighted by atomic mass is 10.1. The van der Waals surface area contributed by atoms with Gasteiger partial charge in [0.15, 0.2) is 4.38 Å². The van der Waals surface area contributed by atoms with Crippen LogP contribution in [0.2, 0.25) is 0 Å². The number of thioether (sulfide) groups is 2. The van der Waals surface area contributed by atoms with Crippen LogP contribution >= 0.6 is 23.5 Å². The molecule has 0 saturated heterocycles. The first-order valence-electron chi connectivity index (χ1n) is 7.50. The molecule has 11 heteroatoms. The third-order valence-corrected chi connectivity index (χ3v) is 5.98. The summed E-state index contributed by atoms with van der Waals surface area (Å²) in [7, 11) is 3.22. The molecule has 0 atom stereocenters. The molecule has 0 spiro atoms. The zero-order chi connectivity index (χ0) is 19.8. The SMILES string of the molecule is CN1N=C(SCc2ccc(C(F)(F)F)cc2C#N)Sc2c1cnn(C)c2=O. The molecule has 140 valence electrons. The number of aromatic nitrogens is 2. The molecular weight excluding hydrogens is 399 g/mol. The summed E-state index contributed by atoms with van der Waals surface area (Å²) in [4.78, 5) is 12.7. The first kappa shape index (κ1) is 19.3. The van der Waals surface area contributed by atoms with Crippen molar-refractivity contribution in [1.82, 2.24) is 9.78 Å². The average molecular weight is 411 g/mol. The highest BCUT2D eigenvalue weighted by Crippen LogP contribution is 2.37. The number of hydrogen-bond acceptors (Lipinski definition) is 7. The molecular formula is C16H12F3N5OS2. The number of halogens is 3. The lowest BCUT2D eigenvalue weighted by Gasteiger charge is -2.22. The number of fused-ring (bicyclic) bond motifs is 1. The maximum absolute atomic E-state index is 12.8. The minimum atomic E-state index is -4.50. The molecule has 27 heavy (non-hydrogen) atoms. The second-order valence-corrected chi connectivity index (χ2v) is 7.77. The fourth-order valence-corrected chi connectivity index (χ4v) is 4.52. The highest BCUT2D eigenvalue weighted by molar-refractivity contribution is 8.38. The molecule has 3 rings (SSSR count). The molecule has 6 nitrogen and oxygen atoms in total. The Bertz CT molecular complexity index is 1030. The predicted octanol–water partition coefficient (Wildman–Crippen LogP) is 3.42. The van der Waals surface area contributed by atoms with Crippen molar-refractivity contribution >= 4 is 33.6 Å². The smallest absolute Gasteiger partial charge is 0.266 e. The van der Waals surface area contributed by atoms with E-state index in [1.807, 2.05) is 0 Å². The maximum atomic E-state index is 12.8. The normalized spacial score (nSPS) is 13.8. The molecule has 0 radical (unpaired) electrons. The fourth-order valence-electron chi connectivity index (χ4n) is 2.30. The lowest BCUT2D eigenvalue weighted by Crippen LogP contribution is -2.27. The Morgan fingerprint density at radius 3 is 2.74 bits per heavy atom. The zero-order valence-corrected chi connectivity index (χ0v) is 15.7. The van der Waals surface area contributed by atoms with Crippen LogP contribution in [0.5, 0.6) is 0 Å². The first-order chi connectivity index (χ1) is 12.7. The average Bonchev–Trinajstić information content (AvgIpc) is 2.62. The molecule has 0 N–H and O–H groups in total. The van der Waals surface area contributed by atoms with Crippen LogP contribution in [-0.4, -0.2) is 21.2 Å². The minimum Gasteiger partial charge on any atom is -0.266 e. The second-order valence-electron chi connectivity index (χ2n) is 5.55. The molecule has 1 aromatic heterocycles. The third kappa shape index (κ3) is 3.96. The van der Waals surface area contributed by atoms with E-state index in [0.29, 0.717) is 20.5 Å². The number of rotatable bonds is 2. The highest BCUT2D eigenvalue weighted by Gasteiger charge is 2.31. The summed E-state index contributed by atoms with van der Waals surface area (Å²) in [6.07, 6.45) is -2.96. The van der Waals surface area contributed by atoms with Gasteiger partial charge in [-0.1, -0.05) is 29.6 Å². The Morgan fingerprint density at radius 1 is 1.33 bits per heavy atom. The van der Waals surface area contributed by atoms with Gasteiger partial charge in [0.1, 0.15) is 4.90 Å². The van der Waals surface area contributed by atoms with Crippen LogP contribution in [0.25, 0.3) is 0 Å². The molecule has 1 aliphatic rings. The predicted molar refractivity (Wildman–Crippen MR) is 98.6 cm³/mol. The Hall–Kier alpha value is -2.45. The van der Waals surface area contributed by atoms with Gasteiger partial charge in [0, 0.05) is 19.8 Å². The van der Waals surface area contributed by atoms with Crippen molar-refractivity contribution in [2.45, 2.75) is 16.8 Å². The molecule has 0 fully saturated rings. The van der Waals surface area contributed by atoms with Crippen LogP contribution < -0.4 is 10.6 Å². The van der Waals surface area contributed by atoms with Crippen LogP contribution in [0.15, 0.2) is 39.2 Å². The van der Waals surface area contributed by atoms with Gasteiger partial charge in [-0.05, 0) is 17.7 Å². The Kier molecular flexibility index (Phi) is 5.21. The summed E-state index contributed by atoms with van der Waals surface area (Å²) < 4.78 is 40.1. The molecule has 1 aliphatic heterocycles. The molecule has 1 aromatic carbocycles. The Balaban J connectivity index is 1.81. The number of anilines is 1. The van der Waals surface area contributed by atoms with E-state index >= 15 is 0 Å². The van der Waals surface area contributed by atoms with E-state index in [9.17, 15) is 18.0 Å². The third-order valence-electron chi connectivity index (χ3n) is 3.75. The summed E-state index contributed by atoms with van der Waals surface area (Å²) >= 11 is 2.42. The summed E-state index contributed by atoms with van der Waals surface area (Å²) in [5.41, 5.74) is -0.103. The number of hydrogen-bond donors (Lipinski definition) is 0. The van der Waals surface area contributed by atoms with Crippen LogP contribution in [0.1, 0.15) is 16.7 Å². The van der Waals surface area contributed by atoms with Gasteiger partial charge in [0.25, 0.3) is 5.56 Å². The van der Waals surface area contributed by atoms with E-state index in [4.69, 9.17) is 5.26 Å². The molecule has 0 saturated carbocycles. The van der Waals surface area contributed by atoms with E-state index in [2.05, 4.69) is 10.2 Å². The Labute approximate surface area is 160 Å². The monoisotopic (exact) mass is 411 g/mol. The molecule has 2 aromatic rings. The number of aryl methyl sites for hydroxylation is 1. The van der Waals surface area contributed by atoms with Crippen molar-refractivity contribution in [2.24, 2.45) is 12.1 Å². The summed E-state index contributed by atoms with van der Waals surface area (Å²) in [6, 6.07) is 4.90. The van der Waals surface area contributed by atoms with Gasteiger partial charge in [-0.3, -0.25) is 9.80 Å². The highest BCUT2D eigenvalue weighted by atomic mass is 32.2. The van der Waals surface area contributed by atoms with E-state index in [-0.39, 0.29) is 16.9 Å². The van der Waals surface area contributed by atoms with E-state index in [0.717, 1.165) is 12.1 Å². The molecule has 2 heterocycles. The quantitative estimate of drug-likeness (QED) is 0.754. The van der Waals surface area contributed by atoms with Gasteiger partial charge in [-0.25, -0.2) is 4.68 Å². The van der Waals surface area contributed by atoms with Crippen LogP contribution in [-0.2, 0) is 19.0 Å². The van der Waals surface area contributed by atoms with Crippen molar-refractivity contribution < 1.29 is 13.2 Å². The van der Waals surface area contributed by atoms with Gasteiger partial charge in [0.2, 0.25) is 0 Å². The van der Waals surface area contributed by atoms with Gasteiger partial charge in [-0.2, -0.15) is 28.6 Å².